The lowest BCUT2D eigenvalue weighted by molar-refractivity contribution is -0.146. The average Bonchev–Trinajstić information content (AvgIpc) is 2.78. The largest absolute Gasteiger partial charge is 0.455 e. The van der Waals surface area contributed by atoms with Crippen LogP contribution in [0.4, 0.5) is 11.4 Å². The van der Waals surface area contributed by atoms with Crippen molar-refractivity contribution in [2.45, 2.75) is 4.90 Å². The van der Waals surface area contributed by atoms with Crippen molar-refractivity contribution in [1.29, 1.82) is 0 Å². The van der Waals surface area contributed by atoms with Gasteiger partial charge < -0.3 is 19.7 Å². The van der Waals surface area contributed by atoms with Crippen LogP contribution in [0.2, 0.25) is 0 Å². The van der Waals surface area contributed by atoms with Crippen LogP contribution in [0, 0.1) is 0 Å². The minimum Gasteiger partial charge on any atom is -0.455 e. The number of benzene rings is 2. The molecule has 1 amide bonds. The Kier molecular flexibility index (Phi) is 7.39. The van der Waals surface area contributed by atoms with E-state index < -0.39 is 35.1 Å². The Hall–Kier alpha value is -2.95. The zero-order valence-corrected chi connectivity index (χ0v) is 17.1. The molecule has 0 bridgehead atoms. The van der Waals surface area contributed by atoms with Gasteiger partial charge in [-0.25, -0.2) is 8.42 Å². The molecule has 0 atom stereocenters. The maximum atomic E-state index is 12.0. The molecule has 2 aromatic carbocycles. The highest BCUT2D eigenvalue weighted by molar-refractivity contribution is 7.89. The zero-order chi connectivity index (χ0) is 21.4. The third-order valence-corrected chi connectivity index (χ3v) is 5.77. The van der Waals surface area contributed by atoms with Gasteiger partial charge in [0.15, 0.2) is 6.61 Å². The first-order valence-electron chi connectivity index (χ1n) is 9.37. The van der Waals surface area contributed by atoms with Gasteiger partial charge in [0.1, 0.15) is 6.54 Å². The highest BCUT2D eigenvalue weighted by Crippen LogP contribution is 2.19. The van der Waals surface area contributed by atoms with Gasteiger partial charge >= 0.3 is 5.97 Å². The molecular formula is C20H23N3O6S. The van der Waals surface area contributed by atoms with Crippen molar-refractivity contribution in [3.63, 3.8) is 0 Å². The summed E-state index contributed by atoms with van der Waals surface area (Å²) in [6, 6.07) is 15.0. The van der Waals surface area contributed by atoms with Crippen molar-refractivity contribution in [3.8, 4) is 0 Å². The monoisotopic (exact) mass is 433 g/mol. The molecule has 0 saturated carbocycles. The van der Waals surface area contributed by atoms with E-state index >= 15 is 0 Å². The van der Waals surface area contributed by atoms with Crippen LogP contribution in [0.3, 0.4) is 0 Å². The summed E-state index contributed by atoms with van der Waals surface area (Å²) in [7, 11) is -3.82. The van der Waals surface area contributed by atoms with Crippen LogP contribution in [0.15, 0.2) is 59.5 Å². The Morgan fingerprint density at radius 1 is 1.00 bits per heavy atom. The molecule has 1 heterocycles. The number of anilines is 2. The summed E-state index contributed by atoms with van der Waals surface area (Å²) in [6.07, 6.45) is 0. The normalized spacial score (nSPS) is 14.2. The molecule has 1 aliphatic heterocycles. The fourth-order valence-corrected chi connectivity index (χ4v) is 3.80. The first-order valence-corrected chi connectivity index (χ1v) is 10.9. The van der Waals surface area contributed by atoms with Crippen LogP contribution in [0.5, 0.6) is 0 Å². The first-order chi connectivity index (χ1) is 14.4. The molecule has 2 N–H and O–H groups in total. The number of rotatable bonds is 8. The lowest BCUT2D eigenvalue weighted by atomic mass is 10.2. The van der Waals surface area contributed by atoms with E-state index in [0.717, 1.165) is 18.8 Å². The van der Waals surface area contributed by atoms with Gasteiger partial charge in [-0.05, 0) is 36.4 Å². The van der Waals surface area contributed by atoms with Crippen LogP contribution in [0.25, 0.3) is 0 Å². The number of nitrogens with one attached hydrogen (secondary N) is 2. The lowest BCUT2D eigenvalue weighted by Crippen LogP contribution is -2.36. The Morgan fingerprint density at radius 2 is 1.67 bits per heavy atom. The van der Waals surface area contributed by atoms with Crippen molar-refractivity contribution in [2.24, 2.45) is 0 Å². The van der Waals surface area contributed by atoms with E-state index in [2.05, 4.69) is 14.9 Å². The van der Waals surface area contributed by atoms with E-state index in [9.17, 15) is 18.0 Å². The molecule has 0 aromatic heterocycles. The van der Waals surface area contributed by atoms with Gasteiger partial charge in [-0.1, -0.05) is 18.2 Å². The summed E-state index contributed by atoms with van der Waals surface area (Å²) >= 11 is 0. The highest BCUT2D eigenvalue weighted by Gasteiger charge is 2.16. The molecule has 0 aliphatic carbocycles. The van der Waals surface area contributed by atoms with E-state index in [4.69, 9.17) is 9.47 Å². The molecule has 0 unspecified atom stereocenters. The summed E-state index contributed by atoms with van der Waals surface area (Å²) in [6.45, 7) is 1.91. The summed E-state index contributed by atoms with van der Waals surface area (Å²) in [5, 5.41) is 2.63. The number of carbonyl (C=O) groups excluding carboxylic acids is 2. The molecule has 0 spiro atoms. The quantitative estimate of drug-likeness (QED) is 0.597. The molecular weight excluding hydrogens is 410 g/mol. The van der Waals surface area contributed by atoms with E-state index in [0.29, 0.717) is 18.9 Å². The van der Waals surface area contributed by atoms with Crippen molar-refractivity contribution in [1.82, 2.24) is 4.72 Å². The maximum absolute atomic E-state index is 12.0. The lowest BCUT2D eigenvalue weighted by Gasteiger charge is -2.28. The second-order valence-corrected chi connectivity index (χ2v) is 8.26. The van der Waals surface area contributed by atoms with Crippen molar-refractivity contribution in [2.75, 3.05) is 49.7 Å². The standard InChI is InChI=1S/C20H23N3O6S/c24-19(22-16-6-8-17(9-7-16)23-10-12-28-13-11-23)15-29-20(25)14-21-30(26,27)18-4-2-1-3-5-18/h1-9,21H,10-15H2,(H,22,24). The van der Waals surface area contributed by atoms with Gasteiger partial charge in [-0.3, -0.25) is 9.59 Å². The topological polar surface area (TPSA) is 114 Å². The maximum Gasteiger partial charge on any atom is 0.321 e. The van der Waals surface area contributed by atoms with Crippen LogP contribution < -0.4 is 14.9 Å². The first kappa shape index (κ1) is 21.8. The van der Waals surface area contributed by atoms with Crippen LogP contribution in [-0.4, -0.2) is 59.7 Å². The molecule has 1 saturated heterocycles. The third-order valence-electron chi connectivity index (χ3n) is 4.35. The number of hydrogen-bond donors (Lipinski definition) is 2. The molecule has 2 aromatic rings. The molecule has 1 fully saturated rings. The van der Waals surface area contributed by atoms with Crippen LogP contribution in [0.1, 0.15) is 0 Å². The van der Waals surface area contributed by atoms with Gasteiger partial charge in [-0.2, -0.15) is 4.72 Å². The van der Waals surface area contributed by atoms with E-state index in [1.807, 2.05) is 12.1 Å². The number of sulfonamides is 1. The van der Waals surface area contributed by atoms with E-state index in [1.165, 1.54) is 12.1 Å². The summed E-state index contributed by atoms with van der Waals surface area (Å²) in [5.41, 5.74) is 1.60. The predicted molar refractivity (Wildman–Crippen MR) is 111 cm³/mol. The molecule has 0 radical (unpaired) electrons. The van der Waals surface area contributed by atoms with Crippen molar-refractivity contribution in [3.05, 3.63) is 54.6 Å². The SMILES string of the molecule is O=C(COC(=O)CNS(=O)(=O)c1ccccc1)Nc1ccc(N2CCOCC2)cc1. The number of esters is 1. The molecule has 30 heavy (non-hydrogen) atoms. The second-order valence-electron chi connectivity index (χ2n) is 6.49. The Morgan fingerprint density at radius 3 is 2.33 bits per heavy atom. The second kappa shape index (κ2) is 10.2. The van der Waals surface area contributed by atoms with Crippen molar-refractivity contribution >= 4 is 33.3 Å². The fraction of sp³-hybridized carbons (Fsp3) is 0.300. The zero-order valence-electron chi connectivity index (χ0n) is 16.2. The molecule has 1 aliphatic rings. The number of nitrogens with zero attached hydrogens (tertiary/aromatic N) is 1. The van der Waals surface area contributed by atoms with Gasteiger partial charge in [0.25, 0.3) is 5.91 Å². The highest BCUT2D eigenvalue weighted by atomic mass is 32.2. The van der Waals surface area contributed by atoms with Gasteiger partial charge in [0, 0.05) is 24.5 Å². The van der Waals surface area contributed by atoms with Gasteiger partial charge in [-0.15, -0.1) is 0 Å². The van der Waals surface area contributed by atoms with Crippen molar-refractivity contribution < 1.29 is 27.5 Å². The average molecular weight is 433 g/mol. The fourth-order valence-electron chi connectivity index (χ4n) is 2.81. The smallest absolute Gasteiger partial charge is 0.321 e. The summed E-state index contributed by atoms with van der Waals surface area (Å²) < 4.78 is 36.4. The van der Waals surface area contributed by atoms with E-state index in [1.54, 1.807) is 30.3 Å². The summed E-state index contributed by atoms with van der Waals surface area (Å²) in [5.74, 6) is -1.37. The number of morpholine rings is 1. The number of ether oxygens (including phenoxy) is 2. The molecule has 10 heteroatoms. The number of carbonyl (C=O) groups is 2. The predicted octanol–water partition coefficient (Wildman–Crippen LogP) is 0.983. The Bertz CT molecular complexity index is 958. The molecule has 3 rings (SSSR count). The van der Waals surface area contributed by atoms with Gasteiger partial charge in [0.2, 0.25) is 10.0 Å². The summed E-state index contributed by atoms with van der Waals surface area (Å²) in [4.78, 5) is 26.0. The van der Waals surface area contributed by atoms with Crippen LogP contribution >= 0.6 is 0 Å². The van der Waals surface area contributed by atoms with E-state index in [-0.39, 0.29) is 4.90 Å². The Balaban J connectivity index is 1.41. The van der Waals surface area contributed by atoms with Crippen LogP contribution in [-0.2, 0) is 29.1 Å². The minimum absolute atomic E-state index is 0.0380. The van der Waals surface area contributed by atoms with Gasteiger partial charge in [0.05, 0.1) is 18.1 Å². The minimum atomic E-state index is -3.82. The number of amides is 1. The number of hydrogen-bond acceptors (Lipinski definition) is 7. The molecule has 9 nitrogen and oxygen atoms in total. The third kappa shape index (κ3) is 6.28. The Labute approximate surface area is 175 Å². The molecule has 160 valence electrons.